The molecule has 1 aliphatic heterocycles. The van der Waals surface area contributed by atoms with Crippen LogP contribution >= 0.6 is 0 Å². The summed E-state index contributed by atoms with van der Waals surface area (Å²) < 4.78 is 5.49. The summed E-state index contributed by atoms with van der Waals surface area (Å²) in [6.45, 7) is 3.12. The van der Waals surface area contributed by atoms with Gasteiger partial charge in [-0.25, -0.2) is 0 Å². The Bertz CT molecular complexity index is 99.7. The van der Waals surface area contributed by atoms with E-state index < -0.39 is 0 Å². The molecule has 1 aliphatic rings. The molecule has 0 saturated carbocycles. The maximum atomic E-state index is 5.88. The van der Waals surface area contributed by atoms with Gasteiger partial charge in [-0.05, 0) is 25.7 Å². The van der Waals surface area contributed by atoms with E-state index in [0.29, 0.717) is 12.1 Å². The molecular formula is C9H19NO. The van der Waals surface area contributed by atoms with Crippen LogP contribution in [0.25, 0.3) is 0 Å². The van der Waals surface area contributed by atoms with Crippen LogP contribution in [0.15, 0.2) is 0 Å². The van der Waals surface area contributed by atoms with E-state index in [9.17, 15) is 0 Å². The smallest absolute Gasteiger partial charge is 0.0590 e. The van der Waals surface area contributed by atoms with Crippen LogP contribution in [0.5, 0.6) is 0 Å². The highest BCUT2D eigenvalue weighted by molar-refractivity contribution is 4.71. The Morgan fingerprint density at radius 1 is 1.64 bits per heavy atom. The Balaban J connectivity index is 2.08. The van der Waals surface area contributed by atoms with Gasteiger partial charge in [0.1, 0.15) is 0 Å². The first-order valence-electron chi connectivity index (χ1n) is 4.70. The summed E-state index contributed by atoms with van der Waals surface area (Å²) in [5.74, 6) is 0. The van der Waals surface area contributed by atoms with Crippen molar-refractivity contribution < 1.29 is 4.74 Å². The van der Waals surface area contributed by atoms with Crippen LogP contribution in [-0.4, -0.2) is 18.8 Å². The van der Waals surface area contributed by atoms with E-state index in [1.807, 2.05) is 0 Å². The zero-order valence-electron chi connectivity index (χ0n) is 7.38. The molecule has 0 bridgehead atoms. The lowest BCUT2D eigenvalue weighted by Gasteiger charge is -2.14. The fourth-order valence-corrected chi connectivity index (χ4v) is 1.66. The Hall–Kier alpha value is -0.0800. The monoisotopic (exact) mass is 157 g/mol. The highest BCUT2D eigenvalue weighted by Gasteiger charge is 2.17. The van der Waals surface area contributed by atoms with E-state index in [4.69, 9.17) is 10.5 Å². The highest BCUT2D eigenvalue weighted by atomic mass is 16.5. The van der Waals surface area contributed by atoms with Crippen molar-refractivity contribution in [3.8, 4) is 0 Å². The first-order chi connectivity index (χ1) is 5.33. The molecule has 1 fully saturated rings. The number of nitrogens with two attached hydrogens (primary N) is 1. The van der Waals surface area contributed by atoms with E-state index in [1.54, 1.807) is 0 Å². The lowest BCUT2D eigenvalue weighted by atomic mass is 10.0. The second-order valence-electron chi connectivity index (χ2n) is 3.42. The van der Waals surface area contributed by atoms with Gasteiger partial charge in [0.05, 0.1) is 6.10 Å². The maximum absolute atomic E-state index is 5.88. The van der Waals surface area contributed by atoms with E-state index in [1.165, 1.54) is 19.3 Å². The predicted molar refractivity (Wildman–Crippen MR) is 46.5 cm³/mol. The van der Waals surface area contributed by atoms with Gasteiger partial charge in [-0.2, -0.15) is 0 Å². The predicted octanol–water partition coefficient (Wildman–Crippen LogP) is 1.68. The van der Waals surface area contributed by atoms with E-state index in [2.05, 4.69) is 6.92 Å². The number of ether oxygens (including phenoxy) is 1. The largest absolute Gasteiger partial charge is 0.378 e. The van der Waals surface area contributed by atoms with Crippen LogP contribution < -0.4 is 5.73 Å². The average molecular weight is 157 g/mol. The molecule has 2 heteroatoms. The van der Waals surface area contributed by atoms with Crippen LogP contribution in [0, 0.1) is 0 Å². The molecule has 0 aromatic rings. The summed E-state index contributed by atoms with van der Waals surface area (Å²) in [4.78, 5) is 0. The van der Waals surface area contributed by atoms with Gasteiger partial charge in [0.2, 0.25) is 0 Å². The van der Waals surface area contributed by atoms with Gasteiger partial charge in [-0.1, -0.05) is 13.3 Å². The summed E-state index contributed by atoms with van der Waals surface area (Å²) in [6, 6.07) is 0.364. The number of hydrogen-bond donors (Lipinski definition) is 1. The molecule has 0 amide bonds. The minimum absolute atomic E-state index is 0.364. The van der Waals surface area contributed by atoms with Gasteiger partial charge in [0, 0.05) is 12.6 Å². The third-order valence-electron chi connectivity index (χ3n) is 2.25. The molecule has 0 aromatic heterocycles. The van der Waals surface area contributed by atoms with E-state index in [-0.39, 0.29) is 0 Å². The summed E-state index contributed by atoms with van der Waals surface area (Å²) in [7, 11) is 0. The molecule has 66 valence electrons. The van der Waals surface area contributed by atoms with Gasteiger partial charge in [-0.15, -0.1) is 0 Å². The molecule has 1 rings (SSSR count). The zero-order chi connectivity index (χ0) is 8.10. The van der Waals surface area contributed by atoms with Gasteiger partial charge in [-0.3, -0.25) is 0 Å². The summed E-state index contributed by atoms with van der Waals surface area (Å²) >= 11 is 0. The van der Waals surface area contributed by atoms with Crippen molar-refractivity contribution in [1.29, 1.82) is 0 Å². The molecule has 2 atom stereocenters. The van der Waals surface area contributed by atoms with Crippen LogP contribution in [0.2, 0.25) is 0 Å². The first-order valence-corrected chi connectivity index (χ1v) is 4.70. The van der Waals surface area contributed by atoms with Gasteiger partial charge < -0.3 is 10.5 Å². The fourth-order valence-electron chi connectivity index (χ4n) is 1.66. The standard InChI is InChI=1S/C9H19NO/c1-2-4-8(10)7-9-5-3-6-11-9/h8-9H,2-7,10H2,1H3. The van der Waals surface area contributed by atoms with Gasteiger partial charge in [0.15, 0.2) is 0 Å². The topological polar surface area (TPSA) is 35.2 Å². The van der Waals surface area contributed by atoms with Crippen molar-refractivity contribution in [2.24, 2.45) is 5.73 Å². The van der Waals surface area contributed by atoms with Gasteiger partial charge in [0.25, 0.3) is 0 Å². The lowest BCUT2D eigenvalue weighted by Crippen LogP contribution is -2.25. The number of rotatable bonds is 4. The molecule has 0 aliphatic carbocycles. The minimum Gasteiger partial charge on any atom is -0.378 e. The zero-order valence-corrected chi connectivity index (χ0v) is 7.38. The third kappa shape index (κ3) is 3.21. The SMILES string of the molecule is CCCC(N)CC1CCCO1. The summed E-state index contributed by atoms with van der Waals surface area (Å²) in [6.07, 6.45) is 6.30. The first kappa shape index (κ1) is 9.01. The van der Waals surface area contributed by atoms with E-state index in [0.717, 1.165) is 19.4 Å². The molecule has 2 unspecified atom stereocenters. The number of hydrogen-bond acceptors (Lipinski definition) is 2. The Morgan fingerprint density at radius 3 is 3.00 bits per heavy atom. The van der Waals surface area contributed by atoms with E-state index >= 15 is 0 Å². The summed E-state index contributed by atoms with van der Waals surface area (Å²) in [5.41, 5.74) is 5.88. The van der Waals surface area contributed by atoms with Crippen LogP contribution in [0.3, 0.4) is 0 Å². The molecule has 2 nitrogen and oxygen atoms in total. The highest BCUT2D eigenvalue weighted by Crippen LogP contribution is 2.17. The van der Waals surface area contributed by atoms with Gasteiger partial charge >= 0.3 is 0 Å². The average Bonchev–Trinajstić information content (AvgIpc) is 2.40. The molecule has 2 N–H and O–H groups in total. The molecule has 0 spiro atoms. The van der Waals surface area contributed by atoms with Crippen molar-refractivity contribution in [2.75, 3.05) is 6.61 Å². The fraction of sp³-hybridized carbons (Fsp3) is 1.00. The quantitative estimate of drug-likeness (QED) is 0.674. The molecule has 0 radical (unpaired) electrons. The lowest BCUT2D eigenvalue weighted by molar-refractivity contribution is 0.0975. The molecule has 0 aromatic carbocycles. The Morgan fingerprint density at radius 2 is 2.45 bits per heavy atom. The van der Waals surface area contributed by atoms with Crippen molar-refractivity contribution in [3.05, 3.63) is 0 Å². The normalized spacial score (nSPS) is 27.3. The second-order valence-corrected chi connectivity index (χ2v) is 3.42. The van der Waals surface area contributed by atoms with Crippen molar-refractivity contribution >= 4 is 0 Å². The van der Waals surface area contributed by atoms with Crippen molar-refractivity contribution in [2.45, 2.75) is 51.2 Å². The second kappa shape index (κ2) is 4.73. The molecular weight excluding hydrogens is 138 g/mol. The molecule has 1 heterocycles. The molecule has 11 heavy (non-hydrogen) atoms. The summed E-state index contributed by atoms with van der Waals surface area (Å²) in [5, 5.41) is 0. The minimum atomic E-state index is 0.364. The third-order valence-corrected chi connectivity index (χ3v) is 2.25. The maximum Gasteiger partial charge on any atom is 0.0590 e. The van der Waals surface area contributed by atoms with Crippen LogP contribution in [-0.2, 0) is 4.74 Å². The molecule has 1 saturated heterocycles. The Labute approximate surface area is 69.1 Å². The van der Waals surface area contributed by atoms with Crippen LogP contribution in [0.4, 0.5) is 0 Å². The van der Waals surface area contributed by atoms with Crippen molar-refractivity contribution in [1.82, 2.24) is 0 Å². The van der Waals surface area contributed by atoms with Crippen molar-refractivity contribution in [3.63, 3.8) is 0 Å². The van der Waals surface area contributed by atoms with Crippen LogP contribution in [0.1, 0.15) is 39.0 Å². The Kier molecular flexibility index (Phi) is 3.87.